The van der Waals surface area contributed by atoms with Gasteiger partial charge in [-0.1, -0.05) is 18.2 Å². The van der Waals surface area contributed by atoms with E-state index < -0.39 is 0 Å². The molecule has 1 aliphatic heterocycles. The number of benzene rings is 1. The SMILES string of the molecule is O=C(CN1CCc2sccc2C1)N[C@@H]1CCC[C@H]1Oc1ccccc1. The Labute approximate surface area is 152 Å². The molecule has 5 heteroatoms. The number of thiophene rings is 1. The number of nitrogens with one attached hydrogen (secondary N) is 1. The number of amides is 1. The number of hydrogen-bond acceptors (Lipinski definition) is 4. The van der Waals surface area contributed by atoms with E-state index in [0.29, 0.717) is 6.54 Å². The first-order valence-electron chi connectivity index (χ1n) is 9.06. The smallest absolute Gasteiger partial charge is 0.234 e. The molecule has 4 rings (SSSR count). The van der Waals surface area contributed by atoms with Crippen molar-refractivity contribution in [3.05, 3.63) is 52.2 Å². The highest BCUT2D eigenvalue weighted by Crippen LogP contribution is 2.26. The second-order valence-electron chi connectivity index (χ2n) is 6.90. The molecule has 0 spiro atoms. The molecule has 2 aliphatic rings. The van der Waals surface area contributed by atoms with Gasteiger partial charge in [0, 0.05) is 18.0 Å². The van der Waals surface area contributed by atoms with Gasteiger partial charge in [-0.3, -0.25) is 9.69 Å². The van der Waals surface area contributed by atoms with Gasteiger partial charge >= 0.3 is 0 Å². The van der Waals surface area contributed by atoms with Crippen molar-refractivity contribution in [2.45, 2.75) is 44.4 Å². The van der Waals surface area contributed by atoms with Crippen LogP contribution in [0, 0.1) is 0 Å². The highest BCUT2D eigenvalue weighted by molar-refractivity contribution is 7.10. The summed E-state index contributed by atoms with van der Waals surface area (Å²) in [6.45, 7) is 2.33. The van der Waals surface area contributed by atoms with E-state index in [-0.39, 0.29) is 18.1 Å². The third kappa shape index (κ3) is 4.05. The molecule has 0 saturated heterocycles. The number of carbonyl (C=O) groups excluding carboxylic acids is 1. The largest absolute Gasteiger partial charge is 0.488 e. The van der Waals surface area contributed by atoms with Gasteiger partial charge in [0.1, 0.15) is 11.9 Å². The molecule has 25 heavy (non-hydrogen) atoms. The molecule has 1 N–H and O–H groups in total. The standard InChI is InChI=1S/C20H24N2O2S/c23-20(14-22-11-9-19-15(13-22)10-12-25-19)21-17-7-4-8-18(17)24-16-5-2-1-3-6-16/h1-3,5-6,10,12,17-18H,4,7-9,11,13-14H2,(H,21,23)/t17-,18-/m1/s1. The summed E-state index contributed by atoms with van der Waals surface area (Å²) in [6.07, 6.45) is 4.24. The van der Waals surface area contributed by atoms with Gasteiger partial charge in [0.2, 0.25) is 5.91 Å². The molecule has 2 heterocycles. The number of fused-ring (bicyclic) bond motifs is 1. The zero-order valence-electron chi connectivity index (χ0n) is 14.3. The molecule has 4 nitrogen and oxygen atoms in total. The molecule has 0 radical (unpaired) electrons. The molecule has 1 fully saturated rings. The van der Waals surface area contributed by atoms with Gasteiger partial charge in [0.05, 0.1) is 12.6 Å². The summed E-state index contributed by atoms with van der Waals surface area (Å²) in [4.78, 5) is 16.2. The van der Waals surface area contributed by atoms with Crippen LogP contribution in [-0.4, -0.2) is 36.0 Å². The third-order valence-electron chi connectivity index (χ3n) is 5.08. The van der Waals surface area contributed by atoms with E-state index in [1.165, 1.54) is 10.4 Å². The van der Waals surface area contributed by atoms with E-state index in [4.69, 9.17) is 4.74 Å². The van der Waals surface area contributed by atoms with Crippen molar-refractivity contribution in [1.29, 1.82) is 0 Å². The van der Waals surface area contributed by atoms with Crippen molar-refractivity contribution in [2.75, 3.05) is 13.1 Å². The number of nitrogens with zero attached hydrogens (tertiary/aromatic N) is 1. The number of carbonyl (C=O) groups is 1. The lowest BCUT2D eigenvalue weighted by molar-refractivity contribution is -0.123. The Kier molecular flexibility index (Phi) is 5.04. The van der Waals surface area contributed by atoms with Crippen LogP contribution >= 0.6 is 11.3 Å². The molecule has 0 unspecified atom stereocenters. The maximum atomic E-state index is 12.5. The molecule has 1 aliphatic carbocycles. The van der Waals surface area contributed by atoms with Crippen LogP contribution in [0.3, 0.4) is 0 Å². The van der Waals surface area contributed by atoms with E-state index in [1.807, 2.05) is 41.7 Å². The second kappa shape index (κ2) is 7.58. The van der Waals surface area contributed by atoms with Crippen LogP contribution in [0.15, 0.2) is 41.8 Å². The van der Waals surface area contributed by atoms with Crippen molar-refractivity contribution in [3.8, 4) is 5.75 Å². The molecule has 0 bridgehead atoms. The molecule has 1 amide bonds. The van der Waals surface area contributed by atoms with Crippen LogP contribution in [0.1, 0.15) is 29.7 Å². The molecule has 1 saturated carbocycles. The van der Waals surface area contributed by atoms with Gasteiger partial charge in [-0.15, -0.1) is 11.3 Å². The Balaban J connectivity index is 1.30. The Morgan fingerprint density at radius 2 is 2.12 bits per heavy atom. The highest BCUT2D eigenvalue weighted by Gasteiger charge is 2.31. The van der Waals surface area contributed by atoms with E-state index in [2.05, 4.69) is 21.7 Å². The van der Waals surface area contributed by atoms with Crippen LogP contribution < -0.4 is 10.1 Å². The zero-order valence-corrected chi connectivity index (χ0v) is 15.1. The van der Waals surface area contributed by atoms with Gasteiger partial charge in [0.15, 0.2) is 0 Å². The Morgan fingerprint density at radius 3 is 3.00 bits per heavy atom. The van der Waals surface area contributed by atoms with Crippen molar-refractivity contribution < 1.29 is 9.53 Å². The van der Waals surface area contributed by atoms with E-state index in [9.17, 15) is 4.79 Å². The topological polar surface area (TPSA) is 41.6 Å². The first-order valence-corrected chi connectivity index (χ1v) is 9.94. The summed E-state index contributed by atoms with van der Waals surface area (Å²) < 4.78 is 6.09. The molecular weight excluding hydrogens is 332 g/mol. The maximum Gasteiger partial charge on any atom is 0.234 e. The lowest BCUT2D eigenvalue weighted by atomic mass is 10.1. The number of hydrogen-bond donors (Lipinski definition) is 1. The van der Waals surface area contributed by atoms with Crippen LogP contribution in [0.25, 0.3) is 0 Å². The van der Waals surface area contributed by atoms with Crippen LogP contribution in [-0.2, 0) is 17.8 Å². The molecular formula is C20H24N2O2S. The first-order chi connectivity index (χ1) is 12.3. The minimum Gasteiger partial charge on any atom is -0.488 e. The van der Waals surface area contributed by atoms with Crippen molar-refractivity contribution >= 4 is 17.2 Å². The Hall–Kier alpha value is -1.85. The minimum atomic E-state index is 0.0798. The summed E-state index contributed by atoms with van der Waals surface area (Å²) in [6, 6.07) is 12.2. The lowest BCUT2D eigenvalue weighted by Gasteiger charge is -2.28. The monoisotopic (exact) mass is 356 g/mol. The van der Waals surface area contributed by atoms with Crippen molar-refractivity contribution in [3.63, 3.8) is 0 Å². The molecule has 2 atom stereocenters. The summed E-state index contributed by atoms with van der Waals surface area (Å²) in [5.41, 5.74) is 1.38. The number of ether oxygens (including phenoxy) is 1. The summed E-state index contributed by atoms with van der Waals surface area (Å²) in [5.74, 6) is 1.00. The summed E-state index contributed by atoms with van der Waals surface area (Å²) >= 11 is 1.83. The van der Waals surface area contributed by atoms with Gasteiger partial charge in [-0.2, -0.15) is 0 Å². The minimum absolute atomic E-state index is 0.0798. The second-order valence-corrected chi connectivity index (χ2v) is 7.90. The zero-order chi connectivity index (χ0) is 17.1. The van der Waals surface area contributed by atoms with Gasteiger partial charge in [-0.25, -0.2) is 0 Å². The number of rotatable bonds is 5. The Bertz CT molecular complexity index is 715. The Morgan fingerprint density at radius 1 is 1.24 bits per heavy atom. The van der Waals surface area contributed by atoms with E-state index >= 15 is 0 Å². The van der Waals surface area contributed by atoms with Crippen LogP contribution in [0.5, 0.6) is 5.75 Å². The van der Waals surface area contributed by atoms with Crippen molar-refractivity contribution in [2.24, 2.45) is 0 Å². The van der Waals surface area contributed by atoms with Gasteiger partial charge < -0.3 is 10.1 Å². The molecule has 2 aromatic rings. The molecule has 132 valence electrons. The fourth-order valence-electron chi connectivity index (χ4n) is 3.80. The van der Waals surface area contributed by atoms with Gasteiger partial charge in [0.25, 0.3) is 0 Å². The maximum absolute atomic E-state index is 12.5. The highest BCUT2D eigenvalue weighted by atomic mass is 32.1. The average molecular weight is 356 g/mol. The summed E-state index contributed by atoms with van der Waals surface area (Å²) in [5, 5.41) is 5.36. The van der Waals surface area contributed by atoms with Gasteiger partial charge in [-0.05, 0) is 54.8 Å². The first kappa shape index (κ1) is 16.6. The third-order valence-corrected chi connectivity index (χ3v) is 6.11. The fraction of sp³-hybridized carbons (Fsp3) is 0.450. The van der Waals surface area contributed by atoms with E-state index in [0.717, 1.165) is 44.5 Å². The predicted octanol–water partition coefficient (Wildman–Crippen LogP) is 3.22. The summed E-state index contributed by atoms with van der Waals surface area (Å²) in [7, 11) is 0. The molecule has 1 aromatic carbocycles. The quantitative estimate of drug-likeness (QED) is 0.894. The number of para-hydroxylation sites is 1. The lowest BCUT2D eigenvalue weighted by Crippen LogP contribution is -2.47. The fourth-order valence-corrected chi connectivity index (χ4v) is 4.69. The average Bonchev–Trinajstić information content (AvgIpc) is 3.25. The molecule has 1 aromatic heterocycles. The van der Waals surface area contributed by atoms with Crippen LogP contribution in [0.2, 0.25) is 0 Å². The predicted molar refractivity (Wildman–Crippen MR) is 99.9 cm³/mol. The van der Waals surface area contributed by atoms with E-state index in [1.54, 1.807) is 0 Å². The van der Waals surface area contributed by atoms with Crippen LogP contribution in [0.4, 0.5) is 0 Å². The van der Waals surface area contributed by atoms with Crippen molar-refractivity contribution in [1.82, 2.24) is 10.2 Å². The normalized spacial score (nSPS) is 23.2.